The fourth-order valence-corrected chi connectivity index (χ4v) is 3.81. The van der Waals surface area contributed by atoms with Gasteiger partial charge in [-0.25, -0.2) is 0 Å². The van der Waals surface area contributed by atoms with Crippen LogP contribution in [0.4, 0.5) is 5.69 Å². The van der Waals surface area contributed by atoms with E-state index in [1.165, 1.54) is 20.4 Å². The number of fused-ring (bicyclic) bond motifs is 1. The Morgan fingerprint density at radius 3 is 2.41 bits per heavy atom. The van der Waals surface area contributed by atoms with E-state index in [0.717, 1.165) is 5.56 Å². The van der Waals surface area contributed by atoms with Gasteiger partial charge in [-0.2, -0.15) is 0 Å². The number of carbonyl (C=O) groups excluding carboxylic acids is 2. The van der Waals surface area contributed by atoms with Gasteiger partial charge in [0, 0.05) is 23.2 Å². The predicted molar refractivity (Wildman–Crippen MR) is 131 cm³/mol. The molecule has 1 N–H and O–H groups in total. The number of pyridine rings is 1. The molecule has 172 valence electrons. The zero-order valence-electron chi connectivity index (χ0n) is 19.1. The maximum atomic E-state index is 13.2. The number of benzene rings is 3. The number of methoxy groups -OCH3 is 2. The lowest BCUT2D eigenvalue weighted by Crippen LogP contribution is -2.24. The average Bonchev–Trinajstić information content (AvgIpc) is 2.85. The van der Waals surface area contributed by atoms with Crippen LogP contribution >= 0.6 is 0 Å². The smallest absolute Gasteiger partial charge is 0.244 e. The molecule has 0 saturated carbocycles. The molecule has 0 aliphatic carbocycles. The van der Waals surface area contributed by atoms with Crippen molar-refractivity contribution in [2.45, 2.75) is 13.5 Å². The van der Waals surface area contributed by atoms with Crippen LogP contribution in [-0.4, -0.2) is 30.5 Å². The molecule has 0 bridgehead atoms. The lowest BCUT2D eigenvalue weighted by Gasteiger charge is -2.15. The Morgan fingerprint density at radius 1 is 0.941 bits per heavy atom. The molecular weight excluding hydrogens is 432 g/mol. The lowest BCUT2D eigenvalue weighted by molar-refractivity contribution is -0.116. The van der Waals surface area contributed by atoms with Gasteiger partial charge in [-0.15, -0.1) is 0 Å². The molecule has 4 aromatic rings. The van der Waals surface area contributed by atoms with E-state index in [1.54, 1.807) is 65.2 Å². The summed E-state index contributed by atoms with van der Waals surface area (Å²) in [4.78, 5) is 39.4. The van der Waals surface area contributed by atoms with Crippen LogP contribution < -0.4 is 20.2 Å². The van der Waals surface area contributed by atoms with Crippen molar-refractivity contribution in [3.05, 3.63) is 99.8 Å². The first-order valence-corrected chi connectivity index (χ1v) is 10.7. The minimum absolute atomic E-state index is 0.0102. The van der Waals surface area contributed by atoms with Gasteiger partial charge in [0.25, 0.3) is 0 Å². The van der Waals surface area contributed by atoms with Crippen LogP contribution in [-0.2, 0) is 11.3 Å². The Kier molecular flexibility index (Phi) is 6.45. The summed E-state index contributed by atoms with van der Waals surface area (Å²) in [5.41, 5.74) is 1.95. The van der Waals surface area contributed by atoms with Crippen molar-refractivity contribution in [1.82, 2.24) is 4.57 Å². The summed E-state index contributed by atoms with van der Waals surface area (Å²) in [6.07, 6.45) is 1.46. The fourth-order valence-electron chi connectivity index (χ4n) is 3.81. The van der Waals surface area contributed by atoms with Crippen molar-refractivity contribution in [2.24, 2.45) is 0 Å². The molecule has 7 nitrogen and oxygen atoms in total. The number of aryl methyl sites for hydroxylation is 1. The minimum atomic E-state index is -0.391. The van der Waals surface area contributed by atoms with Crippen molar-refractivity contribution in [1.29, 1.82) is 0 Å². The number of carbonyl (C=O) groups is 2. The Morgan fingerprint density at radius 2 is 1.71 bits per heavy atom. The van der Waals surface area contributed by atoms with Crippen molar-refractivity contribution in [3.63, 3.8) is 0 Å². The second-order valence-electron chi connectivity index (χ2n) is 7.83. The highest BCUT2D eigenvalue weighted by Crippen LogP contribution is 2.29. The maximum absolute atomic E-state index is 13.2. The van der Waals surface area contributed by atoms with Gasteiger partial charge in [-0.3, -0.25) is 14.4 Å². The monoisotopic (exact) mass is 456 g/mol. The number of hydrogen-bond donors (Lipinski definition) is 1. The number of nitrogens with zero attached hydrogens (tertiary/aromatic N) is 1. The fraction of sp³-hybridized carbons (Fsp3) is 0.148. The van der Waals surface area contributed by atoms with Crippen molar-refractivity contribution >= 4 is 28.3 Å². The molecule has 34 heavy (non-hydrogen) atoms. The third kappa shape index (κ3) is 4.54. The van der Waals surface area contributed by atoms with Crippen molar-refractivity contribution < 1.29 is 19.1 Å². The van der Waals surface area contributed by atoms with Crippen LogP contribution in [0.15, 0.2) is 77.7 Å². The molecule has 0 atom stereocenters. The number of rotatable bonds is 7. The standard InChI is InChI=1S/C27H24N2O5/c1-17-9-11-23-20(13-17)27(32)21(26(31)18-7-5-4-6-8-18)15-29(23)16-25(30)28-22-14-19(33-2)10-12-24(22)34-3/h4-15H,16H2,1-3H3,(H,28,30). The Balaban J connectivity index is 1.75. The largest absolute Gasteiger partial charge is 0.497 e. The van der Waals surface area contributed by atoms with Crippen LogP contribution in [0, 0.1) is 6.92 Å². The summed E-state index contributed by atoms with van der Waals surface area (Å²) in [5, 5.41) is 3.21. The van der Waals surface area contributed by atoms with E-state index >= 15 is 0 Å². The first-order valence-electron chi connectivity index (χ1n) is 10.7. The summed E-state index contributed by atoms with van der Waals surface area (Å²) in [6, 6.07) is 19.1. The molecule has 0 spiro atoms. The molecule has 4 rings (SSSR count). The number of amides is 1. The van der Waals surface area contributed by atoms with Gasteiger partial charge in [0.2, 0.25) is 11.3 Å². The predicted octanol–water partition coefficient (Wildman–Crippen LogP) is 4.20. The minimum Gasteiger partial charge on any atom is -0.497 e. The quantitative estimate of drug-likeness (QED) is 0.421. The third-order valence-corrected chi connectivity index (χ3v) is 5.51. The van der Waals surface area contributed by atoms with Crippen LogP contribution in [0.3, 0.4) is 0 Å². The second kappa shape index (κ2) is 9.62. The van der Waals surface area contributed by atoms with Gasteiger partial charge in [0.05, 0.1) is 31.0 Å². The summed E-state index contributed by atoms with van der Waals surface area (Å²) in [7, 11) is 3.05. The van der Waals surface area contributed by atoms with Gasteiger partial charge in [0.1, 0.15) is 18.0 Å². The highest BCUT2D eigenvalue weighted by Gasteiger charge is 2.19. The van der Waals surface area contributed by atoms with Gasteiger partial charge < -0.3 is 19.4 Å². The zero-order valence-corrected chi connectivity index (χ0v) is 19.1. The highest BCUT2D eigenvalue weighted by atomic mass is 16.5. The first kappa shape index (κ1) is 22.8. The van der Waals surface area contributed by atoms with Gasteiger partial charge >= 0.3 is 0 Å². The number of ether oxygens (including phenoxy) is 2. The number of hydrogen-bond acceptors (Lipinski definition) is 5. The number of nitrogens with one attached hydrogen (secondary N) is 1. The van der Waals surface area contributed by atoms with Gasteiger partial charge in [0.15, 0.2) is 5.78 Å². The summed E-state index contributed by atoms with van der Waals surface area (Å²) < 4.78 is 12.2. The summed E-state index contributed by atoms with van der Waals surface area (Å²) >= 11 is 0. The molecule has 1 amide bonds. The molecule has 0 saturated heterocycles. The zero-order chi connectivity index (χ0) is 24.2. The summed E-state index contributed by atoms with van der Waals surface area (Å²) in [5.74, 6) is 0.304. The first-order chi connectivity index (χ1) is 16.4. The van der Waals surface area contributed by atoms with E-state index < -0.39 is 5.78 Å². The van der Waals surface area contributed by atoms with E-state index in [9.17, 15) is 14.4 Å². The molecule has 0 fully saturated rings. The van der Waals surface area contributed by atoms with Gasteiger partial charge in [-0.1, -0.05) is 42.0 Å². The van der Waals surface area contributed by atoms with E-state index in [0.29, 0.717) is 33.7 Å². The summed E-state index contributed by atoms with van der Waals surface area (Å²) in [6.45, 7) is 1.76. The van der Waals surface area contributed by atoms with Crippen LogP contribution in [0.5, 0.6) is 11.5 Å². The van der Waals surface area contributed by atoms with E-state index in [2.05, 4.69) is 5.32 Å². The molecule has 0 unspecified atom stereocenters. The Bertz CT molecular complexity index is 1440. The average molecular weight is 456 g/mol. The molecule has 1 aromatic heterocycles. The number of aromatic nitrogens is 1. The van der Waals surface area contributed by atoms with E-state index in [-0.39, 0.29) is 23.4 Å². The normalized spacial score (nSPS) is 10.7. The molecule has 7 heteroatoms. The van der Waals surface area contributed by atoms with E-state index in [4.69, 9.17) is 9.47 Å². The molecule has 1 heterocycles. The van der Waals surface area contributed by atoms with E-state index in [1.807, 2.05) is 13.0 Å². The van der Waals surface area contributed by atoms with Crippen LogP contribution in [0.1, 0.15) is 21.5 Å². The molecule has 0 aliphatic heterocycles. The highest BCUT2D eigenvalue weighted by molar-refractivity contribution is 6.10. The molecule has 0 aliphatic rings. The SMILES string of the molecule is COc1ccc(OC)c(NC(=O)Cn2cc(C(=O)c3ccccc3)c(=O)c3cc(C)ccc32)c1. The molecule has 3 aromatic carbocycles. The van der Waals surface area contributed by atoms with Crippen LogP contribution in [0.2, 0.25) is 0 Å². The number of anilines is 1. The number of ketones is 1. The maximum Gasteiger partial charge on any atom is 0.244 e. The second-order valence-corrected chi connectivity index (χ2v) is 7.83. The van der Waals surface area contributed by atoms with Gasteiger partial charge in [-0.05, 0) is 31.2 Å². The Hall–Kier alpha value is -4.39. The van der Waals surface area contributed by atoms with Crippen molar-refractivity contribution in [3.8, 4) is 11.5 Å². The Labute approximate surface area is 196 Å². The molecular formula is C27H24N2O5. The molecule has 0 radical (unpaired) electrons. The third-order valence-electron chi connectivity index (χ3n) is 5.51. The van der Waals surface area contributed by atoms with Crippen LogP contribution in [0.25, 0.3) is 10.9 Å². The topological polar surface area (TPSA) is 86.6 Å². The lowest BCUT2D eigenvalue weighted by atomic mass is 10.0. The van der Waals surface area contributed by atoms with Crippen molar-refractivity contribution in [2.75, 3.05) is 19.5 Å².